The van der Waals surface area contributed by atoms with Crippen molar-refractivity contribution in [1.82, 2.24) is 0 Å². The topological polar surface area (TPSA) is 58.6 Å². The molecular weight excluding hydrogens is 280 g/mol. The molecule has 0 aliphatic carbocycles. The minimum absolute atomic E-state index is 0.0677. The number of amides is 1. The van der Waals surface area contributed by atoms with Gasteiger partial charge < -0.3 is 15.0 Å². The molecule has 2 aromatic rings. The third kappa shape index (κ3) is 2.93. The summed E-state index contributed by atoms with van der Waals surface area (Å²) in [6, 6.07) is 14.8. The molecule has 5 nitrogen and oxygen atoms in total. The van der Waals surface area contributed by atoms with Crippen molar-refractivity contribution in [2.75, 3.05) is 23.3 Å². The number of fused-ring (bicyclic) bond motifs is 1. The van der Waals surface area contributed by atoms with Crippen LogP contribution in [-0.2, 0) is 9.59 Å². The number of nitrogens with zero attached hydrogens (tertiary/aromatic N) is 1. The van der Waals surface area contributed by atoms with Crippen molar-refractivity contribution in [3.05, 3.63) is 54.1 Å². The number of hydrogen-bond donors (Lipinski definition) is 1. The van der Waals surface area contributed by atoms with Gasteiger partial charge in [0.25, 0.3) is 0 Å². The van der Waals surface area contributed by atoms with Crippen molar-refractivity contribution in [1.29, 1.82) is 0 Å². The Labute approximate surface area is 128 Å². The number of hydrogen-bond acceptors (Lipinski definition) is 4. The summed E-state index contributed by atoms with van der Waals surface area (Å²) in [5.74, 6) is -0.0383. The zero-order valence-electron chi connectivity index (χ0n) is 12.2. The predicted molar refractivity (Wildman–Crippen MR) is 84.1 cm³/mol. The Morgan fingerprint density at radius 1 is 1.18 bits per heavy atom. The molecule has 1 amide bonds. The van der Waals surface area contributed by atoms with Gasteiger partial charge in [0.05, 0.1) is 12.2 Å². The molecule has 0 saturated heterocycles. The van der Waals surface area contributed by atoms with Gasteiger partial charge in [0.1, 0.15) is 6.54 Å². The molecule has 0 atom stereocenters. The second-order valence-electron chi connectivity index (χ2n) is 5.16. The Kier molecular flexibility index (Phi) is 3.78. The highest BCUT2D eigenvalue weighted by Crippen LogP contribution is 2.31. The van der Waals surface area contributed by atoms with E-state index in [0.29, 0.717) is 5.75 Å². The quantitative estimate of drug-likeness (QED) is 0.698. The van der Waals surface area contributed by atoms with Crippen LogP contribution >= 0.6 is 0 Å². The Morgan fingerprint density at radius 3 is 2.73 bits per heavy atom. The number of anilines is 2. The molecule has 5 heteroatoms. The summed E-state index contributed by atoms with van der Waals surface area (Å²) in [6.07, 6.45) is 0. The smallest absolute Gasteiger partial charge is 0.331 e. The van der Waals surface area contributed by atoms with Gasteiger partial charge in [-0.15, -0.1) is 0 Å². The van der Waals surface area contributed by atoms with Crippen LogP contribution in [-0.4, -0.2) is 25.0 Å². The van der Waals surface area contributed by atoms with Gasteiger partial charge in [-0.2, -0.15) is 0 Å². The fourth-order valence-corrected chi connectivity index (χ4v) is 2.42. The molecule has 0 radical (unpaired) electrons. The van der Waals surface area contributed by atoms with Gasteiger partial charge in [-0.25, -0.2) is 4.79 Å². The van der Waals surface area contributed by atoms with Gasteiger partial charge in [-0.05, 0) is 30.7 Å². The molecule has 112 valence electrons. The number of benzene rings is 2. The molecular formula is C17H16N2O3. The van der Waals surface area contributed by atoms with E-state index in [1.807, 2.05) is 43.3 Å². The van der Waals surface area contributed by atoms with Gasteiger partial charge in [0, 0.05) is 5.69 Å². The van der Waals surface area contributed by atoms with Crippen LogP contribution in [0.25, 0.3) is 0 Å². The lowest BCUT2D eigenvalue weighted by molar-refractivity contribution is -0.133. The number of esters is 1. The van der Waals surface area contributed by atoms with Crippen LogP contribution in [0.3, 0.4) is 0 Å². The van der Waals surface area contributed by atoms with E-state index in [4.69, 9.17) is 4.74 Å². The largest absolute Gasteiger partial charge is 0.423 e. The van der Waals surface area contributed by atoms with Crippen molar-refractivity contribution >= 4 is 23.3 Å². The van der Waals surface area contributed by atoms with E-state index in [1.165, 1.54) is 0 Å². The molecule has 3 rings (SSSR count). The minimum Gasteiger partial charge on any atom is -0.423 e. The van der Waals surface area contributed by atoms with Crippen LogP contribution < -0.4 is 15.0 Å². The van der Waals surface area contributed by atoms with Gasteiger partial charge >= 0.3 is 5.97 Å². The Morgan fingerprint density at radius 2 is 1.91 bits per heavy atom. The molecule has 0 fully saturated rings. The number of carbonyl (C=O) groups is 2. The standard InChI is InChI=1S/C17H16N2O3/c1-12-6-2-3-7-13(12)18-16(20)10-19-11-17(21)22-15-9-5-4-8-14(15)19/h2-9H,10-11H2,1H3,(H,18,20). The summed E-state index contributed by atoms with van der Waals surface area (Å²) in [5, 5.41) is 2.87. The molecule has 2 aromatic carbocycles. The molecule has 0 spiro atoms. The summed E-state index contributed by atoms with van der Waals surface area (Å²) in [7, 11) is 0. The second kappa shape index (κ2) is 5.89. The van der Waals surface area contributed by atoms with E-state index in [1.54, 1.807) is 17.0 Å². The zero-order valence-corrected chi connectivity index (χ0v) is 12.2. The molecule has 0 aromatic heterocycles. The molecule has 0 bridgehead atoms. The van der Waals surface area contributed by atoms with Gasteiger partial charge in [0.2, 0.25) is 5.91 Å². The maximum absolute atomic E-state index is 12.2. The van der Waals surface area contributed by atoms with Crippen LogP contribution in [0.15, 0.2) is 48.5 Å². The van der Waals surface area contributed by atoms with Crippen LogP contribution in [0, 0.1) is 6.92 Å². The summed E-state index contributed by atoms with van der Waals surface area (Å²) in [4.78, 5) is 25.6. The Balaban J connectivity index is 1.75. The molecule has 0 unspecified atom stereocenters. The highest BCUT2D eigenvalue weighted by atomic mass is 16.5. The second-order valence-corrected chi connectivity index (χ2v) is 5.16. The number of para-hydroxylation sites is 3. The summed E-state index contributed by atoms with van der Waals surface area (Å²) >= 11 is 0. The molecule has 1 heterocycles. The number of rotatable bonds is 3. The lowest BCUT2D eigenvalue weighted by Crippen LogP contribution is -2.41. The van der Waals surface area contributed by atoms with Crippen LogP contribution in [0.2, 0.25) is 0 Å². The summed E-state index contributed by atoms with van der Waals surface area (Å²) in [6.45, 7) is 2.10. The molecule has 1 N–H and O–H groups in total. The third-order valence-electron chi connectivity index (χ3n) is 3.50. The molecule has 22 heavy (non-hydrogen) atoms. The normalized spacial score (nSPS) is 13.3. The molecule has 1 aliphatic heterocycles. The first kappa shape index (κ1) is 14.1. The maximum atomic E-state index is 12.2. The minimum atomic E-state index is -0.359. The van der Waals surface area contributed by atoms with Crippen molar-refractivity contribution in [3.63, 3.8) is 0 Å². The number of ether oxygens (including phenoxy) is 1. The van der Waals surface area contributed by atoms with Gasteiger partial charge in [0.15, 0.2) is 5.75 Å². The van der Waals surface area contributed by atoms with Crippen LogP contribution in [0.1, 0.15) is 5.56 Å². The van der Waals surface area contributed by atoms with Crippen LogP contribution in [0.5, 0.6) is 5.75 Å². The van der Waals surface area contributed by atoms with Crippen LogP contribution in [0.4, 0.5) is 11.4 Å². The lowest BCUT2D eigenvalue weighted by atomic mass is 10.2. The average molecular weight is 296 g/mol. The zero-order chi connectivity index (χ0) is 15.5. The van der Waals surface area contributed by atoms with Crippen molar-refractivity contribution < 1.29 is 14.3 Å². The number of aryl methyl sites for hydroxylation is 1. The van der Waals surface area contributed by atoms with Crippen molar-refractivity contribution in [2.45, 2.75) is 6.92 Å². The third-order valence-corrected chi connectivity index (χ3v) is 3.50. The maximum Gasteiger partial charge on any atom is 0.331 e. The highest BCUT2D eigenvalue weighted by Gasteiger charge is 2.25. The van der Waals surface area contributed by atoms with E-state index >= 15 is 0 Å². The first-order valence-corrected chi connectivity index (χ1v) is 7.03. The monoisotopic (exact) mass is 296 g/mol. The van der Waals surface area contributed by atoms with Crippen molar-refractivity contribution in [3.8, 4) is 5.75 Å². The fourth-order valence-electron chi connectivity index (χ4n) is 2.42. The first-order valence-electron chi connectivity index (χ1n) is 7.03. The summed E-state index contributed by atoms with van der Waals surface area (Å²) in [5.41, 5.74) is 2.52. The Bertz CT molecular complexity index is 727. The lowest BCUT2D eigenvalue weighted by Gasteiger charge is -2.29. The van der Waals surface area contributed by atoms with E-state index in [2.05, 4.69) is 5.32 Å². The predicted octanol–water partition coefficient (Wildman–Crippen LogP) is 2.36. The van der Waals surface area contributed by atoms with E-state index < -0.39 is 0 Å². The number of nitrogens with one attached hydrogen (secondary N) is 1. The first-order chi connectivity index (χ1) is 10.6. The number of carbonyl (C=O) groups excluding carboxylic acids is 2. The van der Waals surface area contributed by atoms with E-state index in [0.717, 1.165) is 16.9 Å². The van der Waals surface area contributed by atoms with E-state index in [-0.39, 0.29) is 25.0 Å². The SMILES string of the molecule is Cc1ccccc1NC(=O)CN1CC(=O)Oc2ccccc21. The fraction of sp³-hybridized carbons (Fsp3) is 0.176. The van der Waals surface area contributed by atoms with Gasteiger partial charge in [-0.1, -0.05) is 30.3 Å². The average Bonchev–Trinajstić information content (AvgIpc) is 2.49. The van der Waals surface area contributed by atoms with Crippen molar-refractivity contribution in [2.24, 2.45) is 0 Å². The molecule has 1 aliphatic rings. The molecule has 0 saturated carbocycles. The summed E-state index contributed by atoms with van der Waals surface area (Å²) < 4.78 is 5.17. The van der Waals surface area contributed by atoms with E-state index in [9.17, 15) is 9.59 Å². The van der Waals surface area contributed by atoms with Gasteiger partial charge in [-0.3, -0.25) is 4.79 Å². The Hall–Kier alpha value is -2.82. The highest BCUT2D eigenvalue weighted by molar-refractivity contribution is 5.96.